The van der Waals surface area contributed by atoms with Gasteiger partial charge < -0.3 is 24.3 Å². The number of Topliss-reactive ketones (excluding diaryl/α,β-unsaturated/α-hetero) is 1. The third-order valence-electron chi connectivity index (χ3n) is 17.5. The molecule has 3 aromatic rings. The van der Waals surface area contributed by atoms with Gasteiger partial charge in [-0.2, -0.15) is 13.2 Å². The number of benzene rings is 2. The molecule has 0 aliphatic heterocycles. The Morgan fingerprint density at radius 2 is 1.65 bits per heavy atom. The van der Waals surface area contributed by atoms with E-state index >= 15 is 4.79 Å². The molecule has 338 valence electrons. The fraction of sp³-hybridized carbons (Fsp3) is 0.577. The Morgan fingerprint density at radius 3 is 2.38 bits per heavy atom. The van der Waals surface area contributed by atoms with E-state index < -0.39 is 45.8 Å². The molecule has 1 amide bonds. The first-order chi connectivity index (χ1) is 29.7. The lowest BCUT2D eigenvalue weighted by Gasteiger charge is -2.71. The van der Waals surface area contributed by atoms with Crippen LogP contribution >= 0.6 is 11.6 Å². The second-order valence-corrected chi connectivity index (χ2v) is 21.5. The van der Waals surface area contributed by atoms with Crippen molar-refractivity contribution in [1.82, 2.24) is 4.90 Å². The highest BCUT2D eigenvalue weighted by molar-refractivity contribution is 6.33. The molecule has 2 spiro atoms. The summed E-state index contributed by atoms with van der Waals surface area (Å²) in [5, 5.41) is 24.6. The van der Waals surface area contributed by atoms with E-state index in [1.807, 2.05) is 30.3 Å². The van der Waals surface area contributed by atoms with Crippen molar-refractivity contribution < 1.29 is 42.1 Å². The number of ketones is 1. The van der Waals surface area contributed by atoms with Crippen molar-refractivity contribution in [2.45, 2.75) is 129 Å². The van der Waals surface area contributed by atoms with Gasteiger partial charge in [0.1, 0.15) is 11.9 Å². The number of aliphatic hydroxyl groups excluding tert-OH is 1. The van der Waals surface area contributed by atoms with Crippen LogP contribution in [0.25, 0.3) is 11.3 Å². The number of hydrogen-bond donors (Lipinski definition) is 2. The van der Waals surface area contributed by atoms with Gasteiger partial charge in [-0.1, -0.05) is 101 Å². The van der Waals surface area contributed by atoms with Crippen LogP contribution in [0.15, 0.2) is 88.9 Å². The maximum Gasteiger partial charge on any atom is 0.416 e. The lowest BCUT2D eigenvalue weighted by atomic mass is 9.32. The van der Waals surface area contributed by atoms with E-state index in [1.165, 1.54) is 18.2 Å². The third-order valence-corrected chi connectivity index (χ3v) is 17.8. The standard InChI is InChI=1S/C52H61ClF3NO6/c1-31(2)36-13-11-32(3)25-42(36)63-46(60)57(29-33-9-7-6-8-10-33)30-50(61)22-19-44-48(50,5)21-18-43-47(4)20-17-35(58)27-49(47)23-24-51(43,44)38(28-49)45(59)41-16-15-40(62-41)37-26-34(52(54,55)56)12-14-39(37)53/h6-10,12,14-16,23-24,26,28,31-32,35-36,42-44,58,61H,11,13,17-22,25,27,29-30H2,1-5H3/t32-,35?,36+,42-,43+,44+,47+,48-,49-,50+,51+/m0/s1. The molecule has 0 saturated heterocycles. The fourth-order valence-corrected chi connectivity index (χ4v) is 14.2. The van der Waals surface area contributed by atoms with Crippen LogP contribution in [0.2, 0.25) is 5.02 Å². The summed E-state index contributed by atoms with van der Waals surface area (Å²) in [6.45, 7) is 11.4. The smallest absolute Gasteiger partial charge is 0.416 e. The Morgan fingerprint density at radius 1 is 0.937 bits per heavy atom. The maximum atomic E-state index is 15.3. The van der Waals surface area contributed by atoms with E-state index in [1.54, 1.807) is 4.90 Å². The number of nitrogens with zero attached hydrogens (tertiary/aromatic N) is 1. The average molecular weight is 889 g/mol. The van der Waals surface area contributed by atoms with Crippen molar-refractivity contribution in [2.24, 2.45) is 51.2 Å². The lowest BCUT2D eigenvalue weighted by Crippen LogP contribution is -2.67. The van der Waals surface area contributed by atoms with Crippen LogP contribution in [0.3, 0.4) is 0 Å². The summed E-state index contributed by atoms with van der Waals surface area (Å²) < 4.78 is 54.0. The van der Waals surface area contributed by atoms with E-state index in [-0.39, 0.29) is 70.3 Å². The first-order valence-electron chi connectivity index (χ1n) is 23.1. The van der Waals surface area contributed by atoms with Crippen LogP contribution in [-0.2, 0) is 17.5 Å². The van der Waals surface area contributed by atoms with Gasteiger partial charge >= 0.3 is 12.3 Å². The van der Waals surface area contributed by atoms with Crippen LogP contribution in [0, 0.1) is 51.2 Å². The van der Waals surface area contributed by atoms with E-state index in [2.05, 4.69) is 52.8 Å². The molecule has 1 heterocycles. The Hall–Kier alpha value is -3.86. The van der Waals surface area contributed by atoms with Gasteiger partial charge in [0.2, 0.25) is 5.78 Å². The van der Waals surface area contributed by atoms with Gasteiger partial charge in [0.25, 0.3) is 0 Å². The van der Waals surface area contributed by atoms with Crippen molar-refractivity contribution >= 4 is 23.5 Å². The summed E-state index contributed by atoms with van der Waals surface area (Å²) in [6, 6.07) is 15.8. The van der Waals surface area contributed by atoms with Crippen LogP contribution < -0.4 is 0 Å². The van der Waals surface area contributed by atoms with Gasteiger partial charge in [-0.3, -0.25) is 4.79 Å². The predicted octanol–water partition coefficient (Wildman–Crippen LogP) is 12.5. The molecule has 2 aromatic carbocycles. The molecular formula is C52H61ClF3NO6. The molecule has 1 aromatic heterocycles. The number of aliphatic hydroxyl groups is 2. The molecule has 7 aliphatic rings. The molecule has 1 unspecified atom stereocenters. The summed E-state index contributed by atoms with van der Waals surface area (Å²) in [5.41, 5.74) is -3.18. The molecule has 63 heavy (non-hydrogen) atoms. The Labute approximate surface area is 374 Å². The number of halogens is 4. The third kappa shape index (κ3) is 7.06. The molecule has 2 bridgehead atoms. The van der Waals surface area contributed by atoms with Gasteiger partial charge in [0, 0.05) is 33.9 Å². The van der Waals surface area contributed by atoms with Crippen LogP contribution in [0.5, 0.6) is 0 Å². The number of carbonyl (C=O) groups is 2. The highest BCUT2D eigenvalue weighted by atomic mass is 35.5. The van der Waals surface area contributed by atoms with Crippen molar-refractivity contribution in [3.05, 3.63) is 106 Å². The highest BCUT2D eigenvalue weighted by Gasteiger charge is 2.74. The van der Waals surface area contributed by atoms with E-state index in [9.17, 15) is 28.2 Å². The van der Waals surface area contributed by atoms with Gasteiger partial charge in [0.15, 0.2) is 5.76 Å². The number of alkyl halides is 3. The predicted molar refractivity (Wildman–Crippen MR) is 236 cm³/mol. The largest absolute Gasteiger partial charge is 0.453 e. The minimum absolute atomic E-state index is 0.00846. The molecular weight excluding hydrogens is 827 g/mol. The lowest BCUT2D eigenvalue weighted by molar-refractivity contribution is -0.176. The van der Waals surface area contributed by atoms with Crippen molar-refractivity contribution in [3.8, 4) is 11.3 Å². The second-order valence-electron chi connectivity index (χ2n) is 21.1. The zero-order valence-electron chi connectivity index (χ0n) is 37.0. The zero-order chi connectivity index (χ0) is 44.9. The molecule has 7 nitrogen and oxygen atoms in total. The number of carbonyl (C=O) groups excluding carboxylic acids is 2. The normalized spacial score (nSPS) is 36.9. The Balaban J connectivity index is 1.09. The van der Waals surface area contributed by atoms with Crippen LogP contribution in [0.1, 0.15) is 121 Å². The summed E-state index contributed by atoms with van der Waals surface area (Å²) in [5.74, 6) is 0.500. The van der Waals surface area contributed by atoms with Crippen LogP contribution in [0.4, 0.5) is 18.0 Å². The maximum absolute atomic E-state index is 15.3. The summed E-state index contributed by atoms with van der Waals surface area (Å²) in [6.07, 6.45) is 7.89. The van der Waals surface area contributed by atoms with Gasteiger partial charge in [-0.15, -0.1) is 0 Å². The Bertz CT molecular complexity index is 2320. The number of furan rings is 1. The van der Waals surface area contributed by atoms with Gasteiger partial charge in [0.05, 0.1) is 28.8 Å². The first kappa shape index (κ1) is 44.3. The van der Waals surface area contributed by atoms with Crippen molar-refractivity contribution in [3.63, 3.8) is 0 Å². The molecule has 11 heteroatoms. The molecule has 2 N–H and O–H groups in total. The summed E-state index contributed by atoms with van der Waals surface area (Å²) in [7, 11) is 0. The number of ether oxygens (including phenoxy) is 1. The minimum Gasteiger partial charge on any atom is -0.453 e. The monoisotopic (exact) mass is 887 g/mol. The average Bonchev–Trinajstić information content (AvgIpc) is 3.83. The quantitative estimate of drug-likeness (QED) is 0.164. The SMILES string of the molecule is CC(C)[C@H]1CC[C@H](C)C[C@@H]1OC(=O)N(Cc1ccccc1)C[C@]1(O)CC[C@H]2[C@]34C=C[C@@]5(C=C3C(=O)c3ccc(-c6cc(C(F)(F)F)ccc6Cl)o3)CC(O)CC[C@]5(C)[C@H]4CC[C@@]21C. The molecule has 0 radical (unpaired) electrons. The van der Waals surface area contributed by atoms with Crippen LogP contribution in [-0.4, -0.2) is 51.3 Å². The molecule has 10 rings (SSSR count). The van der Waals surface area contributed by atoms with Crippen molar-refractivity contribution in [2.75, 3.05) is 6.54 Å². The van der Waals surface area contributed by atoms with Crippen molar-refractivity contribution in [1.29, 1.82) is 0 Å². The fourth-order valence-electron chi connectivity index (χ4n) is 14.0. The number of allylic oxidation sites excluding steroid dienone is 4. The van der Waals surface area contributed by atoms with E-state index in [4.69, 9.17) is 20.8 Å². The molecule has 7 aliphatic carbocycles. The van der Waals surface area contributed by atoms with Gasteiger partial charge in [-0.25, -0.2) is 4.79 Å². The number of fused-ring (bicyclic) bond motifs is 1. The number of rotatable bonds is 9. The van der Waals surface area contributed by atoms with Gasteiger partial charge in [-0.05, 0) is 129 Å². The molecule has 4 fully saturated rings. The first-order valence-corrected chi connectivity index (χ1v) is 23.5. The van der Waals surface area contributed by atoms with E-state index in [0.29, 0.717) is 55.9 Å². The molecule has 11 atom stereocenters. The Kier molecular flexibility index (Phi) is 11.0. The summed E-state index contributed by atoms with van der Waals surface area (Å²) in [4.78, 5) is 31.6. The topological polar surface area (TPSA) is 100 Å². The molecule has 4 saturated carbocycles. The minimum atomic E-state index is -4.60. The highest BCUT2D eigenvalue weighted by Crippen LogP contribution is 2.78. The van der Waals surface area contributed by atoms with E-state index in [0.717, 1.165) is 43.4 Å². The summed E-state index contributed by atoms with van der Waals surface area (Å²) >= 11 is 6.43. The number of amides is 1. The zero-order valence-corrected chi connectivity index (χ0v) is 37.8. The number of hydrogen-bond acceptors (Lipinski definition) is 6. The second kappa shape index (κ2) is 15.6.